The Morgan fingerprint density at radius 1 is 1.08 bits per heavy atom. The molecule has 2 N–H and O–H groups in total. The molecule has 3 aromatic rings. The molecule has 0 saturated heterocycles. The number of nitrogens with zero attached hydrogens (tertiary/aromatic N) is 1. The van der Waals surface area contributed by atoms with Crippen LogP contribution in [-0.2, 0) is 4.79 Å². The number of esters is 1. The molecule has 1 aliphatic rings. The van der Waals surface area contributed by atoms with Gasteiger partial charge in [0.15, 0.2) is 0 Å². The second kappa shape index (κ2) is 11.2. The molecular formula is C29H26N2O5. The van der Waals surface area contributed by atoms with E-state index in [-0.39, 0.29) is 5.88 Å². The van der Waals surface area contributed by atoms with Gasteiger partial charge in [0.25, 0.3) is 0 Å². The molecule has 7 nitrogen and oxygen atoms in total. The van der Waals surface area contributed by atoms with Gasteiger partial charge in [-0.15, -0.1) is 0 Å². The number of rotatable bonds is 8. The van der Waals surface area contributed by atoms with Gasteiger partial charge in [0.2, 0.25) is 5.88 Å². The summed E-state index contributed by atoms with van der Waals surface area (Å²) in [5.41, 5.74) is 8.83. The van der Waals surface area contributed by atoms with Crippen molar-refractivity contribution >= 4 is 12.0 Å². The van der Waals surface area contributed by atoms with Gasteiger partial charge in [0.1, 0.15) is 34.6 Å². The maximum absolute atomic E-state index is 12.4. The molecule has 0 fully saturated rings. The molecule has 0 radical (unpaired) electrons. The highest BCUT2D eigenvalue weighted by Crippen LogP contribution is 2.44. The number of methoxy groups -OCH3 is 1. The van der Waals surface area contributed by atoms with E-state index in [1.165, 1.54) is 6.08 Å². The van der Waals surface area contributed by atoms with Crippen LogP contribution in [0.3, 0.4) is 0 Å². The first-order valence-corrected chi connectivity index (χ1v) is 11.5. The number of benzene rings is 3. The molecule has 0 aromatic heterocycles. The average molecular weight is 483 g/mol. The number of fused-ring (bicyclic) bond motifs is 1. The van der Waals surface area contributed by atoms with E-state index >= 15 is 0 Å². The highest BCUT2D eigenvalue weighted by atomic mass is 16.5. The summed E-state index contributed by atoms with van der Waals surface area (Å²) in [5, 5.41) is 9.80. The minimum Gasteiger partial charge on any atom is -0.497 e. The SMILES string of the molecule is CCCOc1cccc(C2C(C#N)=C(N)Oc3cc(OC(=O)/C=C/c4ccc(OC)cc4)ccc32)c1. The summed E-state index contributed by atoms with van der Waals surface area (Å²) in [6, 6.07) is 22.1. The summed E-state index contributed by atoms with van der Waals surface area (Å²) < 4.78 is 22.1. The number of hydrogen-bond acceptors (Lipinski definition) is 7. The number of hydrogen-bond donors (Lipinski definition) is 1. The first-order chi connectivity index (χ1) is 17.5. The number of ether oxygens (including phenoxy) is 4. The van der Waals surface area contributed by atoms with E-state index in [1.54, 1.807) is 43.5 Å². The standard InChI is InChI=1S/C29H26N2O5/c1-3-15-34-22-6-4-5-20(16-22)28-24-13-12-23(17-26(24)36-29(31)25(28)18-30)35-27(32)14-9-19-7-10-21(33-2)11-8-19/h4-14,16-17,28H,3,15,31H2,1-2H3/b14-9+. The van der Waals surface area contributed by atoms with Gasteiger partial charge in [-0.25, -0.2) is 4.79 Å². The molecule has 1 heterocycles. The fraction of sp³-hybridized carbons (Fsp3) is 0.172. The molecule has 4 rings (SSSR count). The number of nitriles is 1. The number of carbonyl (C=O) groups excluding carboxylic acids is 1. The Morgan fingerprint density at radius 3 is 2.58 bits per heavy atom. The van der Waals surface area contributed by atoms with Gasteiger partial charge in [-0.05, 0) is 54.0 Å². The second-order valence-electron chi connectivity index (χ2n) is 8.07. The van der Waals surface area contributed by atoms with Gasteiger partial charge >= 0.3 is 5.97 Å². The zero-order chi connectivity index (χ0) is 25.5. The molecule has 1 atom stereocenters. The van der Waals surface area contributed by atoms with Crippen LogP contribution in [0.1, 0.15) is 36.0 Å². The molecule has 0 amide bonds. The van der Waals surface area contributed by atoms with Gasteiger partial charge < -0.3 is 24.7 Å². The predicted molar refractivity (Wildman–Crippen MR) is 136 cm³/mol. The van der Waals surface area contributed by atoms with Crippen LogP contribution >= 0.6 is 0 Å². The quantitative estimate of drug-likeness (QED) is 0.263. The van der Waals surface area contributed by atoms with Crippen molar-refractivity contribution in [1.82, 2.24) is 0 Å². The van der Waals surface area contributed by atoms with Crippen molar-refractivity contribution in [3.63, 3.8) is 0 Å². The predicted octanol–water partition coefficient (Wildman–Crippen LogP) is 5.32. The van der Waals surface area contributed by atoms with Crippen molar-refractivity contribution < 1.29 is 23.7 Å². The fourth-order valence-corrected chi connectivity index (χ4v) is 3.88. The third kappa shape index (κ3) is 5.50. The summed E-state index contributed by atoms with van der Waals surface area (Å²) in [6.45, 7) is 2.63. The van der Waals surface area contributed by atoms with Gasteiger partial charge in [0.05, 0.1) is 19.6 Å². The molecule has 1 aliphatic heterocycles. The lowest BCUT2D eigenvalue weighted by Crippen LogP contribution is -2.21. The molecular weight excluding hydrogens is 456 g/mol. The van der Waals surface area contributed by atoms with E-state index in [0.29, 0.717) is 29.4 Å². The number of carbonyl (C=O) groups is 1. The van der Waals surface area contributed by atoms with Gasteiger partial charge in [-0.2, -0.15) is 5.26 Å². The second-order valence-corrected chi connectivity index (χ2v) is 8.07. The van der Waals surface area contributed by atoms with E-state index in [0.717, 1.165) is 28.9 Å². The van der Waals surface area contributed by atoms with Crippen LogP contribution in [-0.4, -0.2) is 19.7 Å². The zero-order valence-corrected chi connectivity index (χ0v) is 20.1. The smallest absolute Gasteiger partial charge is 0.336 e. The normalized spacial score (nSPS) is 14.5. The van der Waals surface area contributed by atoms with Crippen molar-refractivity contribution in [1.29, 1.82) is 5.26 Å². The van der Waals surface area contributed by atoms with E-state index < -0.39 is 11.9 Å². The summed E-state index contributed by atoms with van der Waals surface area (Å²) in [5.74, 6) is 1.19. The third-order valence-electron chi connectivity index (χ3n) is 5.60. The van der Waals surface area contributed by atoms with Crippen LogP contribution in [0.25, 0.3) is 6.08 Å². The van der Waals surface area contributed by atoms with E-state index in [9.17, 15) is 10.1 Å². The van der Waals surface area contributed by atoms with Crippen LogP contribution < -0.4 is 24.7 Å². The Hall–Kier alpha value is -4.70. The Labute approximate surface area is 210 Å². The first-order valence-electron chi connectivity index (χ1n) is 11.5. The summed E-state index contributed by atoms with van der Waals surface area (Å²) >= 11 is 0. The average Bonchev–Trinajstić information content (AvgIpc) is 2.90. The lowest BCUT2D eigenvalue weighted by molar-refractivity contribution is -0.128. The molecule has 0 bridgehead atoms. The third-order valence-corrected chi connectivity index (χ3v) is 5.60. The largest absolute Gasteiger partial charge is 0.497 e. The summed E-state index contributed by atoms with van der Waals surface area (Å²) in [7, 11) is 1.59. The van der Waals surface area contributed by atoms with Crippen LogP contribution in [0.2, 0.25) is 0 Å². The van der Waals surface area contributed by atoms with E-state index in [1.807, 2.05) is 43.3 Å². The molecule has 7 heteroatoms. The molecule has 0 aliphatic carbocycles. The summed E-state index contributed by atoms with van der Waals surface area (Å²) in [6.07, 6.45) is 3.88. The van der Waals surface area contributed by atoms with Crippen LogP contribution in [0.5, 0.6) is 23.0 Å². The highest BCUT2D eigenvalue weighted by Gasteiger charge is 2.31. The molecule has 182 valence electrons. The molecule has 0 saturated carbocycles. The van der Waals surface area contributed by atoms with E-state index in [2.05, 4.69) is 6.07 Å². The Morgan fingerprint density at radius 2 is 1.86 bits per heavy atom. The topological polar surface area (TPSA) is 104 Å². The summed E-state index contributed by atoms with van der Waals surface area (Å²) in [4.78, 5) is 12.4. The van der Waals surface area contributed by atoms with E-state index in [4.69, 9.17) is 24.7 Å². The maximum atomic E-state index is 12.4. The Balaban J connectivity index is 1.56. The maximum Gasteiger partial charge on any atom is 0.336 e. The van der Waals surface area contributed by atoms with Gasteiger partial charge in [-0.1, -0.05) is 37.3 Å². The van der Waals surface area contributed by atoms with Crippen molar-refractivity contribution in [2.45, 2.75) is 19.3 Å². The Kier molecular flexibility index (Phi) is 7.57. The van der Waals surface area contributed by atoms with Crippen molar-refractivity contribution in [3.05, 3.63) is 101 Å². The van der Waals surface area contributed by atoms with Crippen molar-refractivity contribution in [2.24, 2.45) is 5.73 Å². The van der Waals surface area contributed by atoms with Crippen molar-refractivity contribution in [3.8, 4) is 29.1 Å². The first kappa shape index (κ1) is 24.4. The van der Waals surface area contributed by atoms with Gasteiger partial charge in [0, 0.05) is 17.7 Å². The monoisotopic (exact) mass is 482 g/mol. The number of allylic oxidation sites excluding steroid dienone is 1. The molecule has 1 unspecified atom stereocenters. The molecule has 0 spiro atoms. The minimum atomic E-state index is -0.542. The zero-order valence-electron chi connectivity index (χ0n) is 20.1. The van der Waals surface area contributed by atoms with Crippen LogP contribution in [0.15, 0.2) is 84.3 Å². The van der Waals surface area contributed by atoms with Crippen molar-refractivity contribution in [2.75, 3.05) is 13.7 Å². The number of nitrogens with two attached hydrogens (primary N) is 1. The lowest BCUT2D eigenvalue weighted by Gasteiger charge is -2.27. The van der Waals surface area contributed by atoms with Crippen LogP contribution in [0.4, 0.5) is 0 Å². The van der Waals surface area contributed by atoms with Crippen LogP contribution in [0, 0.1) is 11.3 Å². The lowest BCUT2D eigenvalue weighted by atomic mass is 9.83. The highest BCUT2D eigenvalue weighted by molar-refractivity contribution is 5.88. The molecule has 36 heavy (non-hydrogen) atoms. The Bertz CT molecular complexity index is 1350. The fourth-order valence-electron chi connectivity index (χ4n) is 3.88. The van der Waals surface area contributed by atoms with Gasteiger partial charge in [-0.3, -0.25) is 0 Å². The minimum absolute atomic E-state index is 0.0118. The molecule has 3 aromatic carbocycles.